The summed E-state index contributed by atoms with van der Waals surface area (Å²) in [7, 11) is 1.65. The van der Waals surface area contributed by atoms with E-state index in [-0.39, 0.29) is 17.3 Å². The van der Waals surface area contributed by atoms with Gasteiger partial charge in [0.15, 0.2) is 11.5 Å². The highest BCUT2D eigenvalue weighted by Gasteiger charge is 2.24. The number of benzene rings is 2. The van der Waals surface area contributed by atoms with E-state index in [4.69, 9.17) is 14.6 Å². The average molecular weight is 537 g/mol. The third-order valence-corrected chi connectivity index (χ3v) is 8.18. The number of hydrogen-bond donors (Lipinski definition) is 1. The van der Waals surface area contributed by atoms with Crippen LogP contribution >= 0.6 is 11.8 Å². The van der Waals surface area contributed by atoms with Gasteiger partial charge in [0.05, 0.1) is 25.5 Å². The monoisotopic (exact) mass is 536 g/mol. The number of likely N-dealkylation sites (tertiary alicyclic amines) is 1. The number of hydrazone groups is 1. The first-order valence-corrected chi connectivity index (χ1v) is 14.5. The second-order valence-corrected chi connectivity index (χ2v) is 11.0. The molecule has 9 heteroatoms. The Morgan fingerprint density at radius 3 is 2.55 bits per heavy atom. The Bertz CT molecular complexity index is 1160. The minimum absolute atomic E-state index is 0.0253. The second-order valence-electron chi connectivity index (χ2n) is 10.1. The summed E-state index contributed by atoms with van der Waals surface area (Å²) in [5.74, 6) is 1.97. The SMILES string of the molecule is COc1ccc(C2=NN(Cc3ccc(NC(=O)CCN4CCCC4)cc3)C(=O)SC2)cc1OC1CCCC1. The Morgan fingerprint density at radius 2 is 1.82 bits per heavy atom. The van der Waals surface area contributed by atoms with Crippen LogP contribution in [0, 0.1) is 0 Å². The molecule has 0 radical (unpaired) electrons. The highest BCUT2D eigenvalue weighted by molar-refractivity contribution is 8.14. The topological polar surface area (TPSA) is 83.5 Å². The number of carbonyl (C=O) groups is 2. The molecule has 1 saturated heterocycles. The van der Waals surface area contributed by atoms with E-state index in [1.807, 2.05) is 42.5 Å². The molecule has 2 aromatic carbocycles. The standard InChI is InChI=1S/C29H36N4O4S/c1-36-26-13-10-22(18-27(26)37-24-6-2-3-7-24)25-20-38-29(35)33(31-25)19-21-8-11-23(12-9-21)30-28(34)14-17-32-15-4-5-16-32/h8-13,18,24H,2-7,14-17,19-20H2,1H3,(H,30,34). The quantitative estimate of drug-likeness (QED) is 0.431. The van der Waals surface area contributed by atoms with E-state index in [2.05, 4.69) is 10.2 Å². The number of amides is 2. The highest BCUT2D eigenvalue weighted by Crippen LogP contribution is 2.33. The van der Waals surface area contributed by atoms with Gasteiger partial charge in [-0.05, 0) is 87.5 Å². The lowest BCUT2D eigenvalue weighted by atomic mass is 10.1. The van der Waals surface area contributed by atoms with E-state index in [0.717, 1.165) is 60.8 Å². The van der Waals surface area contributed by atoms with E-state index < -0.39 is 0 Å². The zero-order valence-electron chi connectivity index (χ0n) is 22.0. The van der Waals surface area contributed by atoms with Crippen LogP contribution in [0.3, 0.4) is 0 Å². The minimum atomic E-state index is -0.0796. The van der Waals surface area contributed by atoms with Gasteiger partial charge >= 0.3 is 5.24 Å². The molecule has 2 aliphatic heterocycles. The minimum Gasteiger partial charge on any atom is -0.493 e. The maximum Gasteiger partial charge on any atom is 0.302 e. The van der Waals surface area contributed by atoms with E-state index >= 15 is 0 Å². The summed E-state index contributed by atoms with van der Waals surface area (Å²) in [5, 5.41) is 9.10. The van der Waals surface area contributed by atoms with Crippen molar-refractivity contribution in [3.05, 3.63) is 53.6 Å². The zero-order chi connectivity index (χ0) is 26.3. The van der Waals surface area contributed by atoms with Crippen LogP contribution in [0.1, 0.15) is 56.1 Å². The maximum absolute atomic E-state index is 12.6. The van der Waals surface area contributed by atoms with Gasteiger partial charge in [-0.1, -0.05) is 23.9 Å². The van der Waals surface area contributed by atoms with E-state index in [1.165, 1.54) is 42.5 Å². The summed E-state index contributed by atoms with van der Waals surface area (Å²) in [6.07, 6.45) is 7.68. The number of methoxy groups -OCH3 is 1. The van der Waals surface area contributed by atoms with Crippen molar-refractivity contribution in [2.24, 2.45) is 5.10 Å². The fraction of sp³-hybridized carbons (Fsp3) is 0.483. The summed E-state index contributed by atoms with van der Waals surface area (Å²) in [6.45, 7) is 3.35. The van der Waals surface area contributed by atoms with Crippen molar-refractivity contribution in [2.75, 3.05) is 37.8 Å². The molecule has 0 spiro atoms. The van der Waals surface area contributed by atoms with Crippen molar-refractivity contribution < 1.29 is 19.1 Å². The Kier molecular flexibility index (Phi) is 8.86. The average Bonchev–Trinajstić information content (AvgIpc) is 3.65. The van der Waals surface area contributed by atoms with Gasteiger partial charge < -0.3 is 19.7 Å². The van der Waals surface area contributed by atoms with Crippen LogP contribution in [0.25, 0.3) is 0 Å². The lowest BCUT2D eigenvalue weighted by molar-refractivity contribution is -0.116. The zero-order valence-corrected chi connectivity index (χ0v) is 22.8. The predicted molar refractivity (Wildman–Crippen MR) is 151 cm³/mol. The van der Waals surface area contributed by atoms with Crippen molar-refractivity contribution in [3.63, 3.8) is 0 Å². The van der Waals surface area contributed by atoms with Crippen LogP contribution in [0.4, 0.5) is 10.5 Å². The lowest BCUT2D eigenvalue weighted by Crippen LogP contribution is -2.29. The Balaban J connectivity index is 1.21. The summed E-state index contributed by atoms with van der Waals surface area (Å²) >= 11 is 1.25. The van der Waals surface area contributed by atoms with E-state index in [1.54, 1.807) is 7.11 Å². The molecule has 3 aliphatic rings. The molecule has 1 saturated carbocycles. The first-order chi connectivity index (χ1) is 18.6. The number of nitrogens with one attached hydrogen (secondary N) is 1. The number of rotatable bonds is 10. The Hall–Kier alpha value is -3.04. The molecule has 202 valence electrons. The number of carbonyl (C=O) groups excluding carboxylic acids is 2. The molecule has 0 bridgehead atoms. The van der Waals surface area contributed by atoms with Gasteiger partial charge in [0.1, 0.15) is 0 Å². The maximum atomic E-state index is 12.6. The molecule has 5 rings (SSSR count). The summed E-state index contributed by atoms with van der Waals surface area (Å²) in [5.41, 5.74) is 3.46. The van der Waals surface area contributed by atoms with Crippen molar-refractivity contribution in [2.45, 2.75) is 57.6 Å². The van der Waals surface area contributed by atoms with Crippen LogP contribution in [-0.2, 0) is 11.3 Å². The van der Waals surface area contributed by atoms with Crippen molar-refractivity contribution in [1.29, 1.82) is 0 Å². The van der Waals surface area contributed by atoms with Gasteiger partial charge in [-0.3, -0.25) is 9.59 Å². The fourth-order valence-corrected chi connectivity index (χ4v) is 5.89. The molecule has 2 fully saturated rings. The normalized spacial score (nSPS) is 18.5. The smallest absolute Gasteiger partial charge is 0.302 e. The molecule has 2 amide bonds. The lowest BCUT2D eigenvalue weighted by Gasteiger charge is -2.24. The highest BCUT2D eigenvalue weighted by atomic mass is 32.2. The first-order valence-electron chi connectivity index (χ1n) is 13.6. The van der Waals surface area contributed by atoms with Gasteiger partial charge in [-0.25, -0.2) is 5.01 Å². The Morgan fingerprint density at radius 1 is 1.05 bits per heavy atom. The Labute approximate surface area is 228 Å². The predicted octanol–water partition coefficient (Wildman–Crippen LogP) is 5.51. The van der Waals surface area contributed by atoms with Crippen LogP contribution in [-0.4, -0.2) is 65.4 Å². The molecule has 2 heterocycles. The van der Waals surface area contributed by atoms with Crippen molar-refractivity contribution >= 4 is 34.3 Å². The van der Waals surface area contributed by atoms with Crippen LogP contribution < -0.4 is 14.8 Å². The summed E-state index contributed by atoms with van der Waals surface area (Å²) < 4.78 is 11.8. The van der Waals surface area contributed by atoms with E-state index in [9.17, 15) is 9.59 Å². The number of nitrogens with zero attached hydrogens (tertiary/aromatic N) is 3. The molecule has 1 N–H and O–H groups in total. The van der Waals surface area contributed by atoms with Crippen molar-refractivity contribution in [3.8, 4) is 11.5 Å². The number of thioether (sulfide) groups is 1. The van der Waals surface area contributed by atoms with E-state index in [0.29, 0.717) is 24.5 Å². The summed E-state index contributed by atoms with van der Waals surface area (Å²) in [6, 6.07) is 13.5. The molecule has 0 unspecified atom stereocenters. The van der Waals surface area contributed by atoms with Crippen LogP contribution in [0.5, 0.6) is 11.5 Å². The van der Waals surface area contributed by atoms with Gasteiger partial charge in [0, 0.05) is 30.0 Å². The molecular formula is C29H36N4O4S. The van der Waals surface area contributed by atoms with Gasteiger partial charge in [0.25, 0.3) is 0 Å². The number of anilines is 1. The summed E-state index contributed by atoms with van der Waals surface area (Å²) in [4.78, 5) is 27.3. The molecule has 38 heavy (non-hydrogen) atoms. The third-order valence-electron chi connectivity index (χ3n) is 7.30. The second kappa shape index (κ2) is 12.7. The molecule has 0 atom stereocenters. The molecule has 1 aliphatic carbocycles. The number of hydrogen-bond acceptors (Lipinski definition) is 7. The molecular weight excluding hydrogens is 500 g/mol. The fourth-order valence-electron chi connectivity index (χ4n) is 5.15. The first kappa shape index (κ1) is 26.6. The van der Waals surface area contributed by atoms with Gasteiger partial charge in [0.2, 0.25) is 5.91 Å². The van der Waals surface area contributed by atoms with Gasteiger partial charge in [-0.15, -0.1) is 0 Å². The van der Waals surface area contributed by atoms with Crippen LogP contribution in [0.2, 0.25) is 0 Å². The number of ether oxygens (including phenoxy) is 2. The molecule has 2 aromatic rings. The third kappa shape index (κ3) is 6.88. The van der Waals surface area contributed by atoms with Gasteiger partial charge in [-0.2, -0.15) is 5.10 Å². The van der Waals surface area contributed by atoms with Crippen molar-refractivity contribution in [1.82, 2.24) is 9.91 Å². The largest absolute Gasteiger partial charge is 0.493 e. The molecule has 8 nitrogen and oxygen atoms in total. The van der Waals surface area contributed by atoms with Crippen LogP contribution in [0.15, 0.2) is 47.6 Å². The molecule has 0 aromatic heterocycles.